The normalized spacial score (nSPS) is 10.8. The Hall–Kier alpha value is -1.99. The lowest BCUT2D eigenvalue weighted by atomic mass is 10.1. The minimum atomic E-state index is 0.159. The molecule has 0 aliphatic rings. The second kappa shape index (κ2) is 8.40. The summed E-state index contributed by atoms with van der Waals surface area (Å²) >= 11 is 4.94. The first-order valence-corrected chi connectivity index (χ1v) is 9.68. The van der Waals surface area contributed by atoms with Crippen molar-refractivity contribution in [1.29, 1.82) is 0 Å². The molecule has 0 bridgehead atoms. The number of halogens is 1. The highest BCUT2D eigenvalue weighted by Gasteiger charge is 2.10. The maximum absolute atomic E-state index is 12.2. The number of benzene rings is 2. The molecule has 0 amide bonds. The molecule has 0 N–H and O–H groups in total. The monoisotopic (exact) mass is 416 g/mol. The largest absolute Gasteiger partial charge is 0.294 e. The molecule has 128 valence electrons. The average molecular weight is 417 g/mol. The summed E-state index contributed by atoms with van der Waals surface area (Å²) < 4.78 is 2.70. The van der Waals surface area contributed by atoms with Gasteiger partial charge in [0.25, 0.3) is 0 Å². The Bertz CT molecular complexity index is 864. The van der Waals surface area contributed by atoms with Crippen LogP contribution in [-0.2, 0) is 0 Å². The number of tetrazole rings is 1. The third kappa shape index (κ3) is 4.76. The van der Waals surface area contributed by atoms with E-state index >= 15 is 0 Å². The molecule has 0 fully saturated rings. The summed E-state index contributed by atoms with van der Waals surface area (Å²) in [6.07, 6.45) is 1.29. The van der Waals surface area contributed by atoms with Gasteiger partial charge in [0.05, 0.1) is 5.69 Å². The van der Waals surface area contributed by atoms with Crippen molar-refractivity contribution in [3.63, 3.8) is 0 Å². The molecule has 0 aliphatic carbocycles. The number of ketones is 1. The van der Waals surface area contributed by atoms with Crippen molar-refractivity contribution in [2.45, 2.75) is 24.9 Å². The van der Waals surface area contributed by atoms with Gasteiger partial charge in [-0.2, -0.15) is 4.68 Å². The van der Waals surface area contributed by atoms with E-state index in [1.165, 1.54) is 0 Å². The smallest absolute Gasteiger partial charge is 0.214 e. The topological polar surface area (TPSA) is 60.7 Å². The van der Waals surface area contributed by atoms with E-state index in [1.54, 1.807) is 16.4 Å². The Balaban J connectivity index is 1.54. The fourth-order valence-corrected chi connectivity index (χ4v) is 3.46. The predicted molar refractivity (Wildman–Crippen MR) is 102 cm³/mol. The fourth-order valence-electron chi connectivity index (χ4n) is 2.37. The summed E-state index contributed by atoms with van der Waals surface area (Å²) in [4.78, 5) is 12.2. The van der Waals surface area contributed by atoms with Crippen molar-refractivity contribution in [3.05, 3.63) is 64.1 Å². The Labute approximate surface area is 159 Å². The molecule has 5 nitrogen and oxygen atoms in total. The molecule has 7 heteroatoms. The van der Waals surface area contributed by atoms with Crippen LogP contribution in [0.5, 0.6) is 0 Å². The van der Waals surface area contributed by atoms with Crippen molar-refractivity contribution >= 4 is 33.5 Å². The molecule has 0 saturated carbocycles. The number of carbonyl (C=O) groups is 1. The lowest BCUT2D eigenvalue weighted by Gasteiger charge is -2.05. The van der Waals surface area contributed by atoms with Gasteiger partial charge in [0, 0.05) is 22.2 Å². The molecule has 0 aliphatic heterocycles. The molecule has 1 aromatic heterocycles. The zero-order valence-electron chi connectivity index (χ0n) is 13.7. The minimum absolute atomic E-state index is 0.159. The van der Waals surface area contributed by atoms with Crippen molar-refractivity contribution in [3.8, 4) is 5.69 Å². The van der Waals surface area contributed by atoms with E-state index in [-0.39, 0.29) is 5.78 Å². The highest BCUT2D eigenvalue weighted by Crippen LogP contribution is 2.20. The van der Waals surface area contributed by atoms with Gasteiger partial charge >= 0.3 is 0 Å². The summed E-state index contributed by atoms with van der Waals surface area (Å²) in [6, 6.07) is 15.5. The molecular weight excluding hydrogens is 400 g/mol. The summed E-state index contributed by atoms with van der Waals surface area (Å²) in [5.74, 6) is 0.945. The molecule has 0 saturated heterocycles. The van der Waals surface area contributed by atoms with Gasteiger partial charge in [-0.25, -0.2) is 0 Å². The molecule has 0 spiro atoms. The van der Waals surface area contributed by atoms with Gasteiger partial charge in [-0.1, -0.05) is 52.0 Å². The Morgan fingerprint density at radius 3 is 2.76 bits per heavy atom. The van der Waals surface area contributed by atoms with Crippen molar-refractivity contribution < 1.29 is 4.79 Å². The molecule has 3 rings (SSSR count). The van der Waals surface area contributed by atoms with Crippen LogP contribution in [0.15, 0.2) is 58.2 Å². The standard InChI is InChI=1S/C18H17BrN4OS/c1-13-4-2-5-16(12-13)23-18(20-21-22-23)25-11-3-6-17(24)14-7-9-15(19)10-8-14/h2,4-5,7-10,12H,3,6,11H2,1H3. The number of rotatable bonds is 7. The first-order chi connectivity index (χ1) is 12.1. The van der Waals surface area contributed by atoms with Gasteiger partial charge < -0.3 is 0 Å². The van der Waals surface area contributed by atoms with E-state index in [0.717, 1.165) is 38.6 Å². The summed E-state index contributed by atoms with van der Waals surface area (Å²) in [7, 11) is 0. The molecule has 0 atom stereocenters. The fraction of sp³-hybridized carbons (Fsp3) is 0.222. The molecule has 0 unspecified atom stereocenters. The number of aromatic nitrogens is 4. The van der Waals surface area contributed by atoms with Crippen molar-refractivity contribution in [2.75, 3.05) is 5.75 Å². The number of hydrogen-bond acceptors (Lipinski definition) is 5. The van der Waals surface area contributed by atoms with E-state index in [9.17, 15) is 4.79 Å². The average Bonchev–Trinajstić information content (AvgIpc) is 3.07. The van der Waals surface area contributed by atoms with Crippen LogP contribution in [0.3, 0.4) is 0 Å². The third-order valence-corrected chi connectivity index (χ3v) is 5.17. The van der Waals surface area contributed by atoms with Crippen LogP contribution in [0.2, 0.25) is 0 Å². The van der Waals surface area contributed by atoms with E-state index in [1.807, 2.05) is 55.5 Å². The number of aryl methyl sites for hydroxylation is 1. The van der Waals surface area contributed by atoms with Crippen LogP contribution in [0.4, 0.5) is 0 Å². The number of hydrogen-bond donors (Lipinski definition) is 0. The number of Topliss-reactive ketones (excluding diaryl/α,β-unsaturated/α-hetero) is 1. The number of nitrogens with zero attached hydrogens (tertiary/aromatic N) is 4. The second-order valence-corrected chi connectivity index (χ2v) is 7.57. The van der Waals surface area contributed by atoms with Crippen LogP contribution in [0.1, 0.15) is 28.8 Å². The molecule has 25 heavy (non-hydrogen) atoms. The van der Waals surface area contributed by atoms with E-state index in [4.69, 9.17) is 0 Å². The van der Waals surface area contributed by atoms with Crippen LogP contribution >= 0.6 is 27.7 Å². The number of thioether (sulfide) groups is 1. The van der Waals surface area contributed by atoms with Gasteiger partial charge in [0.1, 0.15) is 0 Å². The van der Waals surface area contributed by atoms with Gasteiger partial charge in [-0.15, -0.1) is 5.10 Å². The van der Waals surface area contributed by atoms with Gasteiger partial charge in [0.15, 0.2) is 5.78 Å². The summed E-state index contributed by atoms with van der Waals surface area (Å²) in [5.41, 5.74) is 2.85. The van der Waals surface area contributed by atoms with Gasteiger partial charge in [0.2, 0.25) is 5.16 Å². The van der Waals surface area contributed by atoms with Crippen LogP contribution in [-0.4, -0.2) is 31.7 Å². The quantitative estimate of drug-likeness (QED) is 0.322. The molecule has 2 aromatic carbocycles. The Kier molecular flexibility index (Phi) is 5.99. The first-order valence-electron chi connectivity index (χ1n) is 7.90. The number of carbonyl (C=O) groups excluding carboxylic acids is 1. The maximum Gasteiger partial charge on any atom is 0.214 e. The molecular formula is C18H17BrN4OS. The first kappa shape index (κ1) is 17.8. The van der Waals surface area contributed by atoms with Crippen molar-refractivity contribution in [2.24, 2.45) is 0 Å². The van der Waals surface area contributed by atoms with Gasteiger partial charge in [-0.05, 0) is 53.6 Å². The lowest BCUT2D eigenvalue weighted by Crippen LogP contribution is -2.01. The summed E-state index contributed by atoms with van der Waals surface area (Å²) in [5, 5.41) is 12.6. The third-order valence-electron chi connectivity index (χ3n) is 3.63. The highest BCUT2D eigenvalue weighted by atomic mass is 79.9. The van der Waals surface area contributed by atoms with Crippen LogP contribution in [0, 0.1) is 6.92 Å². The van der Waals surface area contributed by atoms with E-state index in [0.29, 0.717) is 6.42 Å². The van der Waals surface area contributed by atoms with Crippen molar-refractivity contribution in [1.82, 2.24) is 20.2 Å². The van der Waals surface area contributed by atoms with E-state index < -0.39 is 0 Å². The summed E-state index contributed by atoms with van der Waals surface area (Å²) in [6.45, 7) is 2.04. The predicted octanol–water partition coefficient (Wildman–Crippen LogP) is 4.49. The zero-order chi connectivity index (χ0) is 17.6. The Morgan fingerprint density at radius 1 is 1.20 bits per heavy atom. The molecule has 0 radical (unpaired) electrons. The maximum atomic E-state index is 12.2. The molecule has 3 aromatic rings. The second-order valence-electron chi connectivity index (χ2n) is 5.59. The zero-order valence-corrected chi connectivity index (χ0v) is 16.1. The van der Waals surface area contributed by atoms with E-state index in [2.05, 4.69) is 31.5 Å². The van der Waals surface area contributed by atoms with Crippen LogP contribution < -0.4 is 0 Å². The van der Waals surface area contributed by atoms with Crippen LogP contribution in [0.25, 0.3) is 5.69 Å². The Morgan fingerprint density at radius 2 is 2.00 bits per heavy atom. The highest BCUT2D eigenvalue weighted by molar-refractivity contribution is 9.10. The minimum Gasteiger partial charge on any atom is -0.294 e. The molecule has 1 heterocycles. The lowest BCUT2D eigenvalue weighted by molar-refractivity contribution is 0.0982. The SMILES string of the molecule is Cc1cccc(-n2nnnc2SCCCC(=O)c2ccc(Br)cc2)c1. The van der Waals surface area contributed by atoms with Gasteiger partial charge in [-0.3, -0.25) is 4.79 Å².